The molecule has 0 fully saturated rings. The Morgan fingerprint density at radius 3 is 1.77 bits per heavy atom. The highest BCUT2D eigenvalue weighted by Crippen LogP contribution is 2.56. The number of benzene rings is 1. The van der Waals surface area contributed by atoms with Crippen molar-refractivity contribution in [2.75, 3.05) is 19.8 Å². The van der Waals surface area contributed by atoms with E-state index >= 15 is 0 Å². The van der Waals surface area contributed by atoms with Crippen molar-refractivity contribution in [1.29, 1.82) is 0 Å². The van der Waals surface area contributed by atoms with Gasteiger partial charge in [-0.25, -0.2) is 0 Å². The first-order chi connectivity index (χ1) is 26.7. The van der Waals surface area contributed by atoms with Gasteiger partial charge in [-0.3, -0.25) is 4.79 Å². The molecule has 3 unspecified atom stereocenters. The van der Waals surface area contributed by atoms with Crippen LogP contribution in [0.15, 0.2) is 12.1 Å². The summed E-state index contributed by atoms with van der Waals surface area (Å²) in [7, 11) is 0. The molecule has 56 heavy (non-hydrogen) atoms. The van der Waals surface area contributed by atoms with E-state index in [4.69, 9.17) is 9.47 Å². The van der Waals surface area contributed by atoms with Gasteiger partial charge in [0.05, 0.1) is 33.1 Å². The predicted octanol–water partition coefficient (Wildman–Crippen LogP) is 15.4. The molecule has 1 aliphatic rings. The maximum Gasteiger partial charge on any atom is 0.258 e. The Balaban J connectivity index is 1.68. The van der Waals surface area contributed by atoms with E-state index in [0.29, 0.717) is 37.2 Å². The van der Waals surface area contributed by atoms with Crippen molar-refractivity contribution in [2.45, 2.75) is 183 Å². The summed E-state index contributed by atoms with van der Waals surface area (Å²) >= 11 is 5.28. The van der Waals surface area contributed by atoms with Gasteiger partial charge in [-0.15, -0.1) is 34.0 Å². The number of nitrogens with zero attached hydrogens (tertiary/aromatic N) is 1. The number of thiophene rings is 3. The van der Waals surface area contributed by atoms with Crippen molar-refractivity contribution < 1.29 is 19.4 Å². The fourth-order valence-corrected chi connectivity index (χ4v) is 11.9. The van der Waals surface area contributed by atoms with Crippen LogP contribution in [0.3, 0.4) is 0 Å². The van der Waals surface area contributed by atoms with E-state index in [1.54, 1.807) is 27.6 Å². The summed E-state index contributed by atoms with van der Waals surface area (Å²) in [4.78, 5) is 20.6. The molecule has 1 amide bonds. The number of carbonyl (C=O) groups excluding carboxylic acids is 1. The minimum atomic E-state index is -0.913. The van der Waals surface area contributed by atoms with Crippen molar-refractivity contribution in [2.24, 2.45) is 11.8 Å². The monoisotopic (exact) mass is 823 g/mol. The Bertz CT molecular complexity index is 1810. The van der Waals surface area contributed by atoms with Gasteiger partial charge in [0.25, 0.3) is 5.91 Å². The number of aliphatic hydroxyl groups is 1. The van der Waals surface area contributed by atoms with Crippen LogP contribution in [0.4, 0.5) is 0 Å². The molecule has 4 aromatic rings. The highest BCUT2D eigenvalue weighted by atomic mass is 32.1. The second-order valence-corrected chi connectivity index (χ2v) is 21.6. The number of hydrogen-bond donors (Lipinski definition) is 1. The fraction of sp³-hybridized carbons (Fsp3) is 0.688. The maximum absolute atomic E-state index is 14.5. The van der Waals surface area contributed by atoms with Crippen LogP contribution < -0.4 is 9.47 Å². The molecule has 0 radical (unpaired) electrons. The summed E-state index contributed by atoms with van der Waals surface area (Å²) < 4.78 is 16.4. The molecule has 1 aromatic carbocycles. The van der Waals surface area contributed by atoms with E-state index in [1.165, 1.54) is 69.1 Å². The molecular weight excluding hydrogens is 751 g/mol. The van der Waals surface area contributed by atoms with E-state index in [0.717, 1.165) is 77.5 Å². The Morgan fingerprint density at radius 1 is 0.696 bits per heavy atom. The second-order valence-electron chi connectivity index (χ2n) is 18.5. The Kier molecular flexibility index (Phi) is 15.9. The zero-order valence-corrected chi connectivity index (χ0v) is 39.2. The standard InChI is InChI=1S/C48H73NO4S3/c1-12-17-20-21-22-23-26-49-45(50)37-38(46(49)51)44(48(9,10)11)56-43(37)35-27-33-39(52-29-31(15-4)24-18-13-2)42-34(28-36(55-42)47(6,7)8)40(41(33)54-35)53-30-32(16-5)25-19-14-3/h27-28,31-32,46,51H,12-26,29-30H2,1-11H3. The smallest absolute Gasteiger partial charge is 0.258 e. The average molecular weight is 824 g/mol. The highest BCUT2D eigenvalue weighted by Gasteiger charge is 2.44. The first kappa shape index (κ1) is 45.0. The molecular formula is C48H73NO4S3. The van der Waals surface area contributed by atoms with Gasteiger partial charge in [0.1, 0.15) is 11.5 Å². The van der Waals surface area contributed by atoms with E-state index in [2.05, 4.69) is 88.3 Å². The Labute approximate surface area is 351 Å². The van der Waals surface area contributed by atoms with Crippen LogP contribution in [-0.4, -0.2) is 35.7 Å². The lowest BCUT2D eigenvalue weighted by Crippen LogP contribution is -2.29. The summed E-state index contributed by atoms with van der Waals surface area (Å²) in [5.74, 6) is 2.86. The SMILES string of the molecule is CCCCCCCCN1C(=O)c2c(-c3cc4c(OCC(CC)CCCC)c5sc(C(C)(C)C)cc5c(OCC(CC)CCCC)c4s3)sc(C(C)(C)C)c2C1O. The largest absolute Gasteiger partial charge is 0.491 e. The Morgan fingerprint density at radius 2 is 1.23 bits per heavy atom. The summed E-state index contributed by atoms with van der Waals surface area (Å²) in [6.07, 6.45) is 15.2. The molecule has 0 spiro atoms. The lowest BCUT2D eigenvalue weighted by Gasteiger charge is -2.25. The van der Waals surface area contributed by atoms with E-state index in [1.807, 2.05) is 11.3 Å². The van der Waals surface area contributed by atoms with Gasteiger partial charge in [0.2, 0.25) is 0 Å². The summed E-state index contributed by atoms with van der Waals surface area (Å²) in [6.45, 7) is 26.8. The third-order valence-corrected chi connectivity index (χ3v) is 16.3. The molecule has 5 nitrogen and oxygen atoms in total. The molecule has 3 atom stereocenters. The average Bonchev–Trinajstić information content (AvgIpc) is 3.94. The summed E-state index contributed by atoms with van der Waals surface area (Å²) in [5, 5.41) is 14.1. The predicted molar refractivity (Wildman–Crippen MR) is 245 cm³/mol. The van der Waals surface area contributed by atoms with Gasteiger partial charge in [-0.2, -0.15) is 0 Å². The first-order valence-electron chi connectivity index (χ1n) is 22.1. The van der Waals surface area contributed by atoms with Crippen LogP contribution in [-0.2, 0) is 10.8 Å². The molecule has 1 N–H and O–H groups in total. The van der Waals surface area contributed by atoms with Crippen LogP contribution in [0.1, 0.15) is 198 Å². The fourth-order valence-electron chi connectivity index (χ4n) is 8.00. The minimum Gasteiger partial charge on any atom is -0.491 e. The van der Waals surface area contributed by atoms with E-state index in [9.17, 15) is 9.90 Å². The number of aliphatic hydroxyl groups excluding tert-OH is 1. The molecule has 0 saturated heterocycles. The maximum atomic E-state index is 14.5. The zero-order chi connectivity index (χ0) is 40.8. The number of amides is 1. The third-order valence-electron chi connectivity index (χ3n) is 11.7. The second kappa shape index (κ2) is 19.7. The highest BCUT2D eigenvalue weighted by molar-refractivity contribution is 7.27. The van der Waals surface area contributed by atoms with Crippen LogP contribution >= 0.6 is 34.0 Å². The zero-order valence-electron chi connectivity index (χ0n) is 36.8. The number of ether oxygens (including phenoxy) is 2. The van der Waals surface area contributed by atoms with Crippen LogP contribution in [0.2, 0.25) is 0 Å². The molecule has 0 bridgehead atoms. The molecule has 4 heterocycles. The van der Waals surface area contributed by atoms with E-state index < -0.39 is 6.23 Å². The summed E-state index contributed by atoms with van der Waals surface area (Å²) in [5.41, 5.74) is 1.28. The third kappa shape index (κ3) is 10.00. The van der Waals surface area contributed by atoms with Crippen molar-refractivity contribution in [3.8, 4) is 21.3 Å². The number of hydrogen-bond acceptors (Lipinski definition) is 7. The van der Waals surface area contributed by atoms with Crippen LogP contribution in [0.25, 0.3) is 29.9 Å². The topological polar surface area (TPSA) is 59.0 Å². The number of carbonyl (C=O) groups is 1. The Hall–Kier alpha value is -2.13. The van der Waals surface area contributed by atoms with E-state index in [-0.39, 0.29) is 16.7 Å². The van der Waals surface area contributed by atoms with Crippen molar-refractivity contribution in [3.05, 3.63) is 33.0 Å². The van der Waals surface area contributed by atoms with Gasteiger partial charge < -0.3 is 19.5 Å². The normalized spacial score (nSPS) is 16.0. The quantitative estimate of drug-likeness (QED) is 0.0802. The van der Waals surface area contributed by atoms with Gasteiger partial charge in [-0.05, 0) is 54.1 Å². The van der Waals surface area contributed by atoms with Gasteiger partial charge in [0, 0.05) is 37.5 Å². The molecule has 3 aromatic heterocycles. The van der Waals surface area contributed by atoms with Crippen molar-refractivity contribution in [3.63, 3.8) is 0 Å². The molecule has 5 rings (SSSR count). The van der Waals surface area contributed by atoms with Crippen molar-refractivity contribution >= 4 is 60.1 Å². The lowest BCUT2D eigenvalue weighted by atomic mass is 9.90. The molecule has 1 aliphatic heterocycles. The van der Waals surface area contributed by atoms with Gasteiger partial charge in [0.15, 0.2) is 6.23 Å². The first-order valence-corrected chi connectivity index (χ1v) is 24.6. The molecule has 0 saturated carbocycles. The minimum absolute atomic E-state index is 0.0135. The van der Waals surface area contributed by atoms with Crippen LogP contribution in [0, 0.1) is 11.8 Å². The van der Waals surface area contributed by atoms with Gasteiger partial charge >= 0.3 is 0 Å². The number of rotatable bonds is 22. The molecule has 312 valence electrons. The van der Waals surface area contributed by atoms with Gasteiger partial charge in [-0.1, -0.05) is 147 Å². The molecule has 0 aliphatic carbocycles. The lowest BCUT2D eigenvalue weighted by molar-refractivity contribution is 0.0164. The van der Waals surface area contributed by atoms with Crippen molar-refractivity contribution in [1.82, 2.24) is 4.90 Å². The number of unbranched alkanes of at least 4 members (excludes halogenated alkanes) is 7. The molecule has 8 heteroatoms. The number of fused-ring (bicyclic) bond motifs is 3. The summed E-state index contributed by atoms with van der Waals surface area (Å²) in [6, 6.07) is 4.65. The van der Waals surface area contributed by atoms with Crippen LogP contribution in [0.5, 0.6) is 11.5 Å².